The van der Waals surface area contributed by atoms with E-state index in [1.807, 2.05) is 12.2 Å². The first kappa shape index (κ1) is 21.3. The van der Waals surface area contributed by atoms with Crippen molar-refractivity contribution >= 4 is 29.6 Å². The normalized spacial score (nSPS) is 43.8. The van der Waals surface area contributed by atoms with Gasteiger partial charge in [-0.1, -0.05) is 12.2 Å². The number of carbonyl (C=O) groups is 1. The molecular formula is C16H25ClN2O7S. The van der Waals surface area contributed by atoms with Crippen LogP contribution in [0, 0.1) is 5.92 Å². The van der Waals surface area contributed by atoms with Crippen molar-refractivity contribution < 1.29 is 34.1 Å². The standard InChI is InChI=1S/C16H25ClN2O7S/c1-6(17)8(14-11(21)10(20)12(22)16(26-14)27-24)19-15(23)9-13-7(5-18-9)3-2-4-25-13/h2-3,6-14,16,18,20-22,24H,4-5H2,1H3,(H,19,23)/t6-,7-,8+,9-,10?,11?,12+,13+,14+,16?/m0/s1. The van der Waals surface area contributed by atoms with Gasteiger partial charge in [0.1, 0.15) is 30.5 Å². The maximum Gasteiger partial charge on any atom is 0.240 e. The molecule has 1 amide bonds. The van der Waals surface area contributed by atoms with E-state index in [1.165, 1.54) is 0 Å². The van der Waals surface area contributed by atoms with Crippen LogP contribution < -0.4 is 10.6 Å². The number of rotatable bonds is 5. The van der Waals surface area contributed by atoms with Crippen LogP contribution in [0.15, 0.2) is 12.2 Å². The molecule has 154 valence electrons. The fourth-order valence-electron chi connectivity index (χ4n) is 3.75. The van der Waals surface area contributed by atoms with Crippen LogP contribution in [0.3, 0.4) is 0 Å². The zero-order chi connectivity index (χ0) is 19.7. The van der Waals surface area contributed by atoms with Gasteiger partial charge in [0.05, 0.1) is 24.1 Å². The van der Waals surface area contributed by atoms with E-state index in [1.54, 1.807) is 6.92 Å². The average Bonchev–Trinajstić information content (AvgIpc) is 3.09. The molecule has 3 heterocycles. The highest BCUT2D eigenvalue weighted by Gasteiger charge is 2.49. The maximum absolute atomic E-state index is 12.8. The summed E-state index contributed by atoms with van der Waals surface area (Å²) in [6.07, 6.45) is -2.01. The van der Waals surface area contributed by atoms with E-state index in [4.69, 9.17) is 21.1 Å². The first-order valence-electron chi connectivity index (χ1n) is 8.81. The number of aliphatic hydroxyl groups excluding tert-OH is 3. The molecule has 9 nitrogen and oxygen atoms in total. The van der Waals surface area contributed by atoms with Crippen LogP contribution in [0.4, 0.5) is 0 Å². The number of hydrogen-bond donors (Lipinski definition) is 6. The fourth-order valence-corrected chi connectivity index (χ4v) is 4.42. The van der Waals surface area contributed by atoms with Crippen LogP contribution in [0.5, 0.6) is 0 Å². The van der Waals surface area contributed by atoms with Gasteiger partial charge in [0.25, 0.3) is 0 Å². The molecule has 0 saturated carbocycles. The van der Waals surface area contributed by atoms with Gasteiger partial charge in [0.2, 0.25) is 5.91 Å². The quantitative estimate of drug-likeness (QED) is 0.179. The summed E-state index contributed by atoms with van der Waals surface area (Å²) in [4.78, 5) is 12.8. The van der Waals surface area contributed by atoms with Crippen molar-refractivity contribution in [3.63, 3.8) is 0 Å². The lowest BCUT2D eigenvalue weighted by Crippen LogP contribution is -2.65. The van der Waals surface area contributed by atoms with Crippen molar-refractivity contribution in [1.29, 1.82) is 0 Å². The number of ether oxygens (including phenoxy) is 2. The fraction of sp³-hybridized carbons (Fsp3) is 0.812. The third-order valence-electron chi connectivity index (χ3n) is 5.24. The van der Waals surface area contributed by atoms with Gasteiger partial charge in [-0.2, -0.15) is 0 Å². The highest BCUT2D eigenvalue weighted by Crippen LogP contribution is 2.30. The molecule has 3 aliphatic heterocycles. The van der Waals surface area contributed by atoms with Crippen LogP contribution in [-0.4, -0.2) is 92.3 Å². The Bertz CT molecular complexity index is 567. The van der Waals surface area contributed by atoms with E-state index in [-0.39, 0.29) is 30.0 Å². The van der Waals surface area contributed by atoms with Crippen molar-refractivity contribution in [1.82, 2.24) is 10.6 Å². The Balaban J connectivity index is 1.72. The average molecular weight is 425 g/mol. The molecule has 0 bridgehead atoms. The molecule has 11 heteroatoms. The van der Waals surface area contributed by atoms with Crippen molar-refractivity contribution in [2.45, 2.75) is 60.3 Å². The van der Waals surface area contributed by atoms with Gasteiger partial charge >= 0.3 is 0 Å². The number of aliphatic hydroxyl groups is 3. The van der Waals surface area contributed by atoms with Gasteiger partial charge in [-0.25, -0.2) is 0 Å². The molecule has 0 radical (unpaired) electrons. The zero-order valence-electron chi connectivity index (χ0n) is 14.6. The van der Waals surface area contributed by atoms with Gasteiger partial charge in [0, 0.05) is 24.5 Å². The smallest absolute Gasteiger partial charge is 0.240 e. The Labute approximate surface area is 166 Å². The highest BCUT2D eigenvalue weighted by atomic mass is 35.5. The van der Waals surface area contributed by atoms with Gasteiger partial charge in [0.15, 0.2) is 5.44 Å². The summed E-state index contributed by atoms with van der Waals surface area (Å²) in [5, 5.41) is 35.5. The molecule has 2 saturated heterocycles. The number of halogens is 1. The molecule has 27 heavy (non-hydrogen) atoms. The SMILES string of the molecule is C[C@H](Cl)[C@@H](NC(=O)[C@H]1NC[C@@H]2C=CCO[C@@H]12)[C@H]1OC(SO)[C@H](O)C(O)C1O. The second kappa shape index (κ2) is 8.93. The molecule has 3 unspecified atom stereocenters. The van der Waals surface area contributed by atoms with Crippen molar-refractivity contribution in [2.75, 3.05) is 13.2 Å². The minimum Gasteiger partial charge on any atom is -0.388 e. The van der Waals surface area contributed by atoms with E-state index in [0.29, 0.717) is 13.2 Å². The Hall–Kier alpha value is -0.430. The van der Waals surface area contributed by atoms with Gasteiger partial charge in [-0.15, -0.1) is 11.6 Å². The van der Waals surface area contributed by atoms with E-state index >= 15 is 0 Å². The summed E-state index contributed by atoms with van der Waals surface area (Å²) in [5.41, 5.74) is -1.18. The molecule has 3 rings (SSSR count). The molecule has 0 aromatic carbocycles. The second-order valence-corrected chi connectivity index (χ2v) is 8.40. The van der Waals surface area contributed by atoms with E-state index in [0.717, 1.165) is 0 Å². The minimum atomic E-state index is -1.55. The van der Waals surface area contributed by atoms with Crippen LogP contribution in [0.2, 0.25) is 0 Å². The summed E-state index contributed by atoms with van der Waals surface area (Å²) in [6.45, 7) is 2.66. The third-order valence-corrected chi connectivity index (χ3v) is 6.11. The maximum atomic E-state index is 12.8. The largest absolute Gasteiger partial charge is 0.388 e. The van der Waals surface area contributed by atoms with E-state index in [9.17, 15) is 24.7 Å². The summed E-state index contributed by atoms with van der Waals surface area (Å²) >= 11 is 6.44. The second-order valence-electron chi connectivity index (χ2n) is 7.03. The molecule has 2 fully saturated rings. The molecule has 0 spiro atoms. The number of alkyl halides is 1. The monoisotopic (exact) mass is 424 g/mol. The lowest BCUT2D eigenvalue weighted by Gasteiger charge is -2.43. The number of amides is 1. The number of carbonyl (C=O) groups excluding carboxylic acids is 1. The van der Waals surface area contributed by atoms with Crippen LogP contribution >= 0.6 is 23.6 Å². The molecule has 10 atom stereocenters. The summed E-state index contributed by atoms with van der Waals surface area (Å²) in [5.74, 6) is -0.259. The van der Waals surface area contributed by atoms with Crippen molar-refractivity contribution in [3.8, 4) is 0 Å². The van der Waals surface area contributed by atoms with Crippen LogP contribution in [0.25, 0.3) is 0 Å². The Morgan fingerprint density at radius 3 is 2.74 bits per heavy atom. The topological polar surface area (TPSA) is 141 Å². The third kappa shape index (κ3) is 4.29. The van der Waals surface area contributed by atoms with E-state index < -0.39 is 47.3 Å². The Morgan fingerprint density at radius 2 is 2.07 bits per heavy atom. The molecular weight excluding hydrogens is 400 g/mol. The first-order chi connectivity index (χ1) is 12.8. The van der Waals surface area contributed by atoms with Crippen LogP contribution in [-0.2, 0) is 14.3 Å². The highest BCUT2D eigenvalue weighted by molar-refractivity contribution is 7.94. The minimum absolute atomic E-state index is 0.102. The molecule has 6 N–H and O–H groups in total. The van der Waals surface area contributed by atoms with Gasteiger partial charge in [-0.05, 0) is 6.92 Å². The Kier molecular flexibility index (Phi) is 7.04. The molecule has 0 aromatic heterocycles. The molecule has 0 aliphatic carbocycles. The lowest BCUT2D eigenvalue weighted by atomic mass is 9.92. The molecule has 0 aromatic rings. The number of nitrogens with one attached hydrogen (secondary N) is 2. The summed E-state index contributed by atoms with van der Waals surface area (Å²) < 4.78 is 20.5. The van der Waals surface area contributed by atoms with Crippen molar-refractivity contribution in [3.05, 3.63) is 12.2 Å². The van der Waals surface area contributed by atoms with Crippen LogP contribution in [0.1, 0.15) is 6.92 Å². The van der Waals surface area contributed by atoms with Crippen molar-refractivity contribution in [2.24, 2.45) is 5.92 Å². The van der Waals surface area contributed by atoms with Gasteiger partial charge in [-0.3, -0.25) is 4.79 Å². The number of hydrogen-bond acceptors (Lipinski definition) is 9. The van der Waals surface area contributed by atoms with Gasteiger partial charge < -0.3 is 40.0 Å². The first-order valence-corrected chi connectivity index (χ1v) is 10.1. The Morgan fingerprint density at radius 1 is 1.33 bits per heavy atom. The number of fused-ring (bicyclic) bond motifs is 1. The predicted molar refractivity (Wildman–Crippen MR) is 98.3 cm³/mol. The summed E-state index contributed by atoms with van der Waals surface area (Å²) in [7, 11) is 0. The lowest BCUT2D eigenvalue weighted by molar-refractivity contribution is -0.206. The molecule has 3 aliphatic rings. The summed E-state index contributed by atoms with van der Waals surface area (Å²) in [6, 6.07) is -1.46. The zero-order valence-corrected chi connectivity index (χ0v) is 16.2. The van der Waals surface area contributed by atoms with E-state index in [2.05, 4.69) is 10.6 Å². The predicted octanol–water partition coefficient (Wildman–Crippen LogP) is -1.34.